The van der Waals surface area contributed by atoms with E-state index in [1.54, 1.807) is 0 Å². The summed E-state index contributed by atoms with van der Waals surface area (Å²) in [5.74, 6) is 0. The lowest BCUT2D eigenvalue weighted by Crippen LogP contribution is -2.53. The van der Waals surface area contributed by atoms with Crippen LogP contribution in [0, 0.1) is 0 Å². The van der Waals surface area contributed by atoms with Crippen LogP contribution in [0.3, 0.4) is 0 Å². The van der Waals surface area contributed by atoms with Crippen LogP contribution < -0.4 is 5.32 Å². The van der Waals surface area contributed by atoms with Crippen LogP contribution in [-0.4, -0.2) is 41.9 Å². The smallest absolute Gasteiger partial charge is 0.133 e. The van der Waals surface area contributed by atoms with Crippen LogP contribution in [-0.2, 0) is 9.78 Å². The average molecular weight is 258 g/mol. The highest BCUT2D eigenvalue weighted by molar-refractivity contribution is 4.84. The third-order valence-corrected chi connectivity index (χ3v) is 3.11. The summed E-state index contributed by atoms with van der Waals surface area (Å²) in [6, 6.07) is 0.501. The van der Waals surface area contributed by atoms with Crippen molar-refractivity contribution >= 4 is 0 Å². The molecule has 1 saturated heterocycles. The van der Waals surface area contributed by atoms with Crippen LogP contribution in [0.5, 0.6) is 0 Å². The molecule has 108 valence electrons. The molecule has 0 aromatic heterocycles. The summed E-state index contributed by atoms with van der Waals surface area (Å²) < 4.78 is 0. The Morgan fingerprint density at radius 3 is 2.39 bits per heavy atom. The standard InChI is InChI=1S/C14H30N2O2/c1-13(2,3)16-9-7-8-12(10-16)15-11-17-18-14(4,5)6/h12,15H,7-11H2,1-6H3. The SMILES string of the molecule is CC(C)(C)OOCNC1CCCN(C(C)(C)C)C1. The van der Waals surface area contributed by atoms with E-state index in [9.17, 15) is 0 Å². The van der Waals surface area contributed by atoms with Gasteiger partial charge in [-0.2, -0.15) is 0 Å². The molecule has 0 bridgehead atoms. The van der Waals surface area contributed by atoms with E-state index in [1.807, 2.05) is 20.8 Å². The van der Waals surface area contributed by atoms with E-state index in [0.717, 1.165) is 6.54 Å². The molecule has 4 heteroatoms. The van der Waals surface area contributed by atoms with Gasteiger partial charge in [-0.25, -0.2) is 9.78 Å². The molecule has 0 aromatic carbocycles. The van der Waals surface area contributed by atoms with Gasteiger partial charge in [-0.1, -0.05) is 0 Å². The number of likely N-dealkylation sites (tertiary alicyclic amines) is 1. The minimum atomic E-state index is -0.244. The summed E-state index contributed by atoms with van der Waals surface area (Å²) in [6.07, 6.45) is 2.46. The Kier molecular flexibility index (Phi) is 5.59. The number of rotatable bonds is 4. The molecule has 0 aliphatic carbocycles. The summed E-state index contributed by atoms with van der Waals surface area (Å²) in [4.78, 5) is 13.0. The Morgan fingerprint density at radius 1 is 1.17 bits per heavy atom. The van der Waals surface area contributed by atoms with Crippen LogP contribution in [0.1, 0.15) is 54.4 Å². The Balaban J connectivity index is 2.23. The van der Waals surface area contributed by atoms with Gasteiger partial charge in [-0.3, -0.25) is 10.2 Å². The lowest BCUT2D eigenvalue weighted by Gasteiger charge is -2.41. The van der Waals surface area contributed by atoms with Crippen molar-refractivity contribution in [1.82, 2.24) is 10.2 Å². The second-order valence-electron chi connectivity index (χ2n) is 7.12. The van der Waals surface area contributed by atoms with Crippen LogP contribution in [0.15, 0.2) is 0 Å². The Morgan fingerprint density at radius 2 is 1.83 bits per heavy atom. The van der Waals surface area contributed by atoms with Gasteiger partial charge in [0.1, 0.15) is 6.73 Å². The zero-order valence-electron chi connectivity index (χ0n) is 12.9. The third kappa shape index (κ3) is 6.14. The van der Waals surface area contributed by atoms with Gasteiger partial charge in [0.05, 0.1) is 5.60 Å². The van der Waals surface area contributed by atoms with E-state index in [0.29, 0.717) is 12.8 Å². The summed E-state index contributed by atoms with van der Waals surface area (Å²) in [7, 11) is 0. The highest BCUT2D eigenvalue weighted by Crippen LogP contribution is 2.20. The van der Waals surface area contributed by atoms with Gasteiger partial charge in [0, 0.05) is 18.1 Å². The maximum absolute atomic E-state index is 5.24. The molecule has 0 aromatic rings. The Labute approximate surface area is 112 Å². The van der Waals surface area contributed by atoms with Gasteiger partial charge in [-0.15, -0.1) is 0 Å². The number of hydrogen-bond donors (Lipinski definition) is 1. The lowest BCUT2D eigenvalue weighted by molar-refractivity contribution is -0.352. The van der Waals surface area contributed by atoms with Gasteiger partial charge in [0.25, 0.3) is 0 Å². The van der Waals surface area contributed by atoms with Crippen LogP contribution in [0.2, 0.25) is 0 Å². The van der Waals surface area contributed by atoms with Crippen molar-refractivity contribution in [1.29, 1.82) is 0 Å². The second-order valence-corrected chi connectivity index (χ2v) is 7.12. The van der Waals surface area contributed by atoms with Gasteiger partial charge < -0.3 is 0 Å². The van der Waals surface area contributed by atoms with E-state index in [1.165, 1.54) is 19.4 Å². The Hall–Kier alpha value is -0.160. The minimum absolute atomic E-state index is 0.244. The third-order valence-electron chi connectivity index (χ3n) is 3.11. The largest absolute Gasteiger partial charge is 0.297 e. The first-order valence-corrected chi connectivity index (χ1v) is 6.97. The molecule has 1 aliphatic rings. The van der Waals surface area contributed by atoms with Crippen molar-refractivity contribution < 1.29 is 9.78 Å². The van der Waals surface area contributed by atoms with Gasteiger partial charge in [0.15, 0.2) is 0 Å². The number of nitrogens with one attached hydrogen (secondary N) is 1. The molecule has 0 spiro atoms. The highest BCUT2D eigenvalue weighted by Gasteiger charge is 2.27. The van der Waals surface area contributed by atoms with Crippen molar-refractivity contribution in [2.24, 2.45) is 0 Å². The fourth-order valence-electron chi connectivity index (χ4n) is 2.11. The van der Waals surface area contributed by atoms with E-state index >= 15 is 0 Å². The fraction of sp³-hybridized carbons (Fsp3) is 1.00. The van der Waals surface area contributed by atoms with Gasteiger partial charge >= 0.3 is 0 Å². The molecule has 0 amide bonds. The van der Waals surface area contributed by atoms with Crippen molar-refractivity contribution in [3.05, 3.63) is 0 Å². The number of piperidine rings is 1. The molecule has 0 saturated carbocycles. The topological polar surface area (TPSA) is 33.7 Å². The molecule has 1 aliphatic heterocycles. The van der Waals surface area contributed by atoms with E-state index < -0.39 is 0 Å². The molecule has 1 atom stereocenters. The quantitative estimate of drug-likeness (QED) is 0.364. The molecule has 1 N–H and O–H groups in total. The van der Waals surface area contributed by atoms with Gasteiger partial charge in [-0.05, 0) is 60.9 Å². The van der Waals surface area contributed by atoms with E-state index in [-0.39, 0.29) is 11.1 Å². The maximum atomic E-state index is 5.24. The first kappa shape index (κ1) is 15.9. The molecular weight excluding hydrogens is 228 g/mol. The molecule has 4 nitrogen and oxygen atoms in total. The molecule has 1 unspecified atom stereocenters. The summed E-state index contributed by atoms with van der Waals surface area (Å²) in [5, 5.41) is 3.41. The first-order valence-electron chi connectivity index (χ1n) is 6.97. The molecule has 1 fully saturated rings. The summed E-state index contributed by atoms with van der Waals surface area (Å²) >= 11 is 0. The predicted molar refractivity (Wildman–Crippen MR) is 74.3 cm³/mol. The monoisotopic (exact) mass is 258 g/mol. The predicted octanol–water partition coefficient (Wildman–Crippen LogP) is 2.54. The molecule has 18 heavy (non-hydrogen) atoms. The van der Waals surface area contributed by atoms with E-state index in [4.69, 9.17) is 9.78 Å². The second kappa shape index (κ2) is 6.33. The van der Waals surface area contributed by atoms with Crippen molar-refractivity contribution in [2.75, 3.05) is 19.8 Å². The number of nitrogens with zero attached hydrogens (tertiary/aromatic N) is 1. The zero-order chi connectivity index (χ0) is 13.8. The maximum Gasteiger partial charge on any atom is 0.133 e. The van der Waals surface area contributed by atoms with Crippen molar-refractivity contribution in [3.8, 4) is 0 Å². The summed E-state index contributed by atoms with van der Waals surface area (Å²) in [6.45, 7) is 15.5. The zero-order valence-corrected chi connectivity index (χ0v) is 12.9. The van der Waals surface area contributed by atoms with Crippen LogP contribution in [0.25, 0.3) is 0 Å². The van der Waals surface area contributed by atoms with E-state index in [2.05, 4.69) is 31.0 Å². The molecule has 0 radical (unpaired) electrons. The molecular formula is C14H30N2O2. The van der Waals surface area contributed by atoms with Crippen molar-refractivity contribution in [2.45, 2.75) is 71.6 Å². The van der Waals surface area contributed by atoms with Crippen molar-refractivity contribution in [3.63, 3.8) is 0 Å². The normalized spacial score (nSPS) is 23.3. The fourth-order valence-corrected chi connectivity index (χ4v) is 2.11. The van der Waals surface area contributed by atoms with Crippen LogP contribution >= 0.6 is 0 Å². The van der Waals surface area contributed by atoms with Gasteiger partial charge in [0.2, 0.25) is 0 Å². The first-order chi connectivity index (χ1) is 8.18. The average Bonchev–Trinajstić information content (AvgIpc) is 2.22. The minimum Gasteiger partial charge on any atom is -0.297 e. The highest BCUT2D eigenvalue weighted by atomic mass is 17.2. The molecule has 1 heterocycles. The Bertz CT molecular complexity index is 243. The number of hydrogen-bond acceptors (Lipinski definition) is 4. The lowest BCUT2D eigenvalue weighted by atomic mass is 9.98. The summed E-state index contributed by atoms with van der Waals surface area (Å²) in [5.41, 5.74) is 0.00874. The van der Waals surface area contributed by atoms with Crippen LogP contribution in [0.4, 0.5) is 0 Å². The molecule has 1 rings (SSSR count).